The zero-order valence-electron chi connectivity index (χ0n) is 42.1. The number of carbonyl (C=O) groups excluding carboxylic acids is 11. The van der Waals surface area contributed by atoms with Gasteiger partial charge in [0, 0.05) is 30.9 Å². The lowest BCUT2D eigenvalue weighted by molar-refractivity contribution is -0.192. The van der Waals surface area contributed by atoms with Crippen LogP contribution in [0.1, 0.15) is 78.2 Å². The van der Waals surface area contributed by atoms with E-state index in [2.05, 4.69) is 37.2 Å². The summed E-state index contributed by atoms with van der Waals surface area (Å²) in [5, 5.41) is 34.8. The number of nitrogens with two attached hydrogens (primary N) is 4. The highest BCUT2D eigenvalue weighted by molar-refractivity contribution is 8.76. The molecular formula is C45H67F3N12O14S2. The van der Waals surface area contributed by atoms with E-state index in [9.17, 15) is 71.0 Å². The van der Waals surface area contributed by atoms with Gasteiger partial charge in [-0.1, -0.05) is 67.8 Å². The number of hydrogen-bond acceptors (Lipinski definition) is 16. The van der Waals surface area contributed by atoms with Gasteiger partial charge in [0.05, 0.1) is 19.0 Å². The lowest BCUT2D eigenvalue weighted by Gasteiger charge is -2.31. The van der Waals surface area contributed by atoms with Crippen LogP contribution in [0.3, 0.4) is 0 Å². The molecule has 2 heterocycles. The van der Waals surface area contributed by atoms with Crippen molar-refractivity contribution in [1.82, 2.24) is 42.1 Å². The Kier molecular flexibility index (Phi) is 26.8. The number of hydrogen-bond donors (Lipinski definition) is 13. The summed E-state index contributed by atoms with van der Waals surface area (Å²) in [5.41, 5.74) is 22.9. The molecular weight excluding hydrogens is 1050 g/mol. The summed E-state index contributed by atoms with van der Waals surface area (Å²) in [6, 6.07) is -5.05. The Bertz CT molecular complexity index is 2270. The lowest BCUT2D eigenvalue weighted by atomic mass is 9.96. The van der Waals surface area contributed by atoms with Crippen LogP contribution in [0.5, 0.6) is 5.75 Å². The minimum Gasteiger partial charge on any atom is -0.508 e. The Morgan fingerprint density at radius 3 is 1.91 bits per heavy atom. The Morgan fingerprint density at radius 1 is 0.789 bits per heavy atom. The van der Waals surface area contributed by atoms with E-state index in [1.165, 1.54) is 29.2 Å². The number of amides is 11. The monoisotopic (exact) mass is 1120 g/mol. The van der Waals surface area contributed by atoms with Crippen LogP contribution in [-0.2, 0) is 64.0 Å². The van der Waals surface area contributed by atoms with E-state index in [-0.39, 0.29) is 49.0 Å². The molecule has 1 aromatic carbocycles. The smallest absolute Gasteiger partial charge is 0.490 e. The molecule has 424 valence electrons. The summed E-state index contributed by atoms with van der Waals surface area (Å²) in [6.07, 6.45) is -5.78. The second kappa shape index (κ2) is 31.2. The van der Waals surface area contributed by atoms with E-state index < -0.39 is 157 Å². The number of carbonyl (C=O) groups is 12. The maximum absolute atomic E-state index is 14.5. The molecule has 0 saturated carbocycles. The molecule has 0 radical (unpaired) electrons. The van der Waals surface area contributed by atoms with Crippen LogP contribution in [0.2, 0.25) is 0 Å². The third-order valence-electron chi connectivity index (χ3n) is 11.5. The Labute approximate surface area is 442 Å². The molecule has 9 atom stereocenters. The zero-order valence-corrected chi connectivity index (χ0v) is 43.7. The molecule has 0 aromatic heterocycles. The fourth-order valence-electron chi connectivity index (χ4n) is 7.34. The second-order valence-electron chi connectivity index (χ2n) is 18.2. The number of carboxylic acid groups (broad SMARTS) is 1. The van der Waals surface area contributed by atoms with Crippen molar-refractivity contribution in [3.8, 4) is 5.75 Å². The maximum atomic E-state index is 14.5. The van der Waals surface area contributed by atoms with Crippen LogP contribution in [-0.4, -0.2) is 165 Å². The largest absolute Gasteiger partial charge is 0.508 e. The number of carboxylic acids is 1. The number of rotatable bonds is 17. The first-order valence-corrected chi connectivity index (χ1v) is 26.3. The maximum Gasteiger partial charge on any atom is 0.490 e. The summed E-state index contributed by atoms with van der Waals surface area (Å²) in [6.45, 7) is 6.60. The van der Waals surface area contributed by atoms with Crippen molar-refractivity contribution in [1.29, 1.82) is 0 Å². The van der Waals surface area contributed by atoms with Gasteiger partial charge in [0.25, 0.3) is 0 Å². The predicted molar refractivity (Wildman–Crippen MR) is 268 cm³/mol. The van der Waals surface area contributed by atoms with Crippen molar-refractivity contribution < 1.29 is 80.9 Å². The first-order valence-electron chi connectivity index (χ1n) is 23.8. The van der Waals surface area contributed by atoms with Gasteiger partial charge in [-0.05, 0) is 55.2 Å². The number of aliphatic carboxylic acids is 1. The van der Waals surface area contributed by atoms with Gasteiger partial charge in [0.15, 0.2) is 0 Å². The molecule has 76 heavy (non-hydrogen) atoms. The van der Waals surface area contributed by atoms with E-state index in [0.29, 0.717) is 18.4 Å². The number of halogens is 3. The minimum absolute atomic E-state index is 0.0468. The highest BCUT2D eigenvalue weighted by atomic mass is 33.1. The van der Waals surface area contributed by atoms with E-state index >= 15 is 0 Å². The fraction of sp³-hybridized carbons (Fsp3) is 0.600. The van der Waals surface area contributed by atoms with Gasteiger partial charge in [-0.25, -0.2) is 4.79 Å². The van der Waals surface area contributed by atoms with Gasteiger partial charge in [-0.15, -0.1) is 0 Å². The number of benzene rings is 1. The number of primary amides is 3. The number of nitrogens with one attached hydrogen (secondary N) is 7. The number of likely N-dealkylation sites (tertiary alicyclic amines) is 1. The summed E-state index contributed by atoms with van der Waals surface area (Å²) in [7, 11) is 2.05. The molecule has 3 rings (SSSR count). The Balaban J connectivity index is 0.00000263. The van der Waals surface area contributed by atoms with E-state index in [1.807, 2.05) is 13.8 Å². The topological polar surface area (TPSA) is 437 Å². The van der Waals surface area contributed by atoms with Crippen LogP contribution in [0.4, 0.5) is 13.2 Å². The van der Waals surface area contributed by atoms with E-state index in [0.717, 1.165) is 21.6 Å². The predicted octanol–water partition coefficient (Wildman–Crippen LogP) is -2.98. The highest BCUT2D eigenvalue weighted by Crippen LogP contribution is 2.26. The molecule has 1 aromatic rings. The summed E-state index contributed by atoms with van der Waals surface area (Å²) >= 11 is 0. The van der Waals surface area contributed by atoms with Crippen LogP contribution in [0.15, 0.2) is 24.3 Å². The standard InChI is InChI=1S/C43H66N12O12S2.C2HF3O2/c1-5-22(4)35-42(66)49-26(12-13-32(45)57)38(62)51-29(17-33(46)58)39(63)53-30(20-69-68-19-25(44)36(60)50-28(40(64)54-35)16-23-8-10-24(56)11-9-23)43(67)55-14-6-7-31(55)41(65)52-27(15-21(2)3)37(61)48-18-34(47)59;3-2(4,5)1(6)7/h8-11,21-22,25-31,35,56H,5-7,12-20,44H2,1-4H3,(H2,45,57)(H2,46,58)(H2,47,59)(H,48,61)(H,49,66)(H,50,60)(H,51,62)(H,52,65)(H,53,63)(H,54,64);(H,6,7). The molecule has 0 spiro atoms. The van der Waals surface area contributed by atoms with Crippen LogP contribution in [0.25, 0.3) is 0 Å². The minimum atomic E-state index is -5.08. The van der Waals surface area contributed by atoms with Gasteiger partial charge in [-0.2, -0.15) is 13.2 Å². The highest BCUT2D eigenvalue weighted by Gasteiger charge is 2.41. The molecule has 0 bridgehead atoms. The summed E-state index contributed by atoms with van der Waals surface area (Å²) in [5.74, 6) is -13.1. The third kappa shape index (κ3) is 22.5. The number of aromatic hydroxyl groups is 1. The molecule has 9 unspecified atom stereocenters. The van der Waals surface area contributed by atoms with Gasteiger partial charge in [0.1, 0.15) is 48.0 Å². The second-order valence-corrected chi connectivity index (χ2v) is 20.8. The normalized spacial score (nSPS) is 23.1. The van der Waals surface area contributed by atoms with E-state index in [4.69, 9.17) is 32.8 Å². The van der Waals surface area contributed by atoms with Gasteiger partial charge in [0.2, 0.25) is 65.0 Å². The molecule has 0 aliphatic carbocycles. The van der Waals surface area contributed by atoms with Crippen molar-refractivity contribution in [2.75, 3.05) is 24.6 Å². The molecule has 31 heteroatoms. The average Bonchev–Trinajstić information content (AvgIpc) is 3.83. The molecule has 2 fully saturated rings. The van der Waals surface area contributed by atoms with E-state index in [1.54, 1.807) is 13.8 Å². The average molecular weight is 1120 g/mol. The number of nitrogens with zero attached hydrogens (tertiary/aromatic N) is 1. The van der Waals surface area contributed by atoms with Crippen LogP contribution < -0.4 is 60.2 Å². The first kappa shape index (κ1) is 65.2. The molecule has 2 aliphatic rings. The Morgan fingerprint density at radius 2 is 1.36 bits per heavy atom. The van der Waals surface area contributed by atoms with Gasteiger partial charge in [-0.3, -0.25) is 52.7 Å². The first-order chi connectivity index (χ1) is 35.4. The van der Waals surface area contributed by atoms with Gasteiger partial charge < -0.3 is 75.3 Å². The van der Waals surface area contributed by atoms with Crippen molar-refractivity contribution in [3.63, 3.8) is 0 Å². The lowest BCUT2D eigenvalue weighted by Crippen LogP contribution is -2.61. The zero-order chi connectivity index (χ0) is 57.6. The van der Waals surface area contributed by atoms with Crippen LogP contribution in [0, 0.1) is 11.8 Å². The molecule has 26 nitrogen and oxygen atoms in total. The number of phenolic OH excluding ortho intramolecular Hbond substituents is 1. The van der Waals surface area contributed by atoms with Crippen molar-refractivity contribution in [2.45, 2.75) is 134 Å². The van der Waals surface area contributed by atoms with Crippen LogP contribution >= 0.6 is 21.6 Å². The van der Waals surface area contributed by atoms with Gasteiger partial charge >= 0.3 is 12.1 Å². The number of phenols is 1. The number of alkyl halides is 3. The third-order valence-corrected chi connectivity index (χ3v) is 14.0. The fourth-order valence-corrected chi connectivity index (χ4v) is 9.62. The Hall–Kier alpha value is -6.89. The van der Waals surface area contributed by atoms with Crippen molar-refractivity contribution in [3.05, 3.63) is 29.8 Å². The molecule has 2 aliphatic heterocycles. The molecule has 17 N–H and O–H groups in total. The van der Waals surface area contributed by atoms with Crippen molar-refractivity contribution in [2.24, 2.45) is 34.8 Å². The summed E-state index contributed by atoms with van der Waals surface area (Å²) < 4.78 is 31.7. The summed E-state index contributed by atoms with van der Waals surface area (Å²) in [4.78, 5) is 157. The molecule has 11 amide bonds. The quantitative estimate of drug-likeness (QED) is 0.0693. The van der Waals surface area contributed by atoms with Crippen molar-refractivity contribution >= 4 is 92.5 Å². The SMILES string of the molecule is CCC(C)C1NC(=O)C(Cc2ccc(O)cc2)NC(=O)C(N)CSSCC(C(=O)N2CCCC2C(=O)NC(CC(C)C)C(=O)NCC(N)=O)NC(=O)C(CC(N)=O)NC(=O)C(CCC(N)=O)NC1=O.O=C(O)C(F)(F)F. The molecule has 2 saturated heterocycles.